The van der Waals surface area contributed by atoms with Gasteiger partial charge in [0, 0.05) is 37.4 Å². The van der Waals surface area contributed by atoms with Crippen molar-refractivity contribution in [1.82, 2.24) is 14.5 Å². The van der Waals surface area contributed by atoms with Gasteiger partial charge < -0.3 is 14.2 Å². The molecule has 0 N–H and O–H groups in total. The molecule has 0 saturated carbocycles. The number of thiazole rings is 1. The Balaban J connectivity index is 1.59. The first kappa shape index (κ1) is 21.3. The van der Waals surface area contributed by atoms with Gasteiger partial charge in [0.1, 0.15) is 5.01 Å². The van der Waals surface area contributed by atoms with E-state index in [0.29, 0.717) is 42.5 Å². The lowest BCUT2D eigenvalue weighted by Crippen LogP contribution is -2.42. The number of hydrogen-bond acceptors (Lipinski definition) is 5. The molecule has 0 unspecified atom stereocenters. The van der Waals surface area contributed by atoms with Crippen molar-refractivity contribution < 1.29 is 9.53 Å². The summed E-state index contributed by atoms with van der Waals surface area (Å²) in [6, 6.07) is 10.3. The Labute approximate surface area is 186 Å². The zero-order valence-corrected chi connectivity index (χ0v) is 18.6. The van der Waals surface area contributed by atoms with Crippen LogP contribution in [0.5, 0.6) is 5.75 Å². The standard InChI is InChI=1S/C24H27N3O3S/c1-2-3-15-30-22-20-24(29)26(12-7-10-18-8-5-4-6-9-18)13-14-27(20)17-19(21(22)28)23-25-11-16-31-23/h4-6,8-9,11,16-17H,2-3,7,10,12-15H2,1H3. The molecule has 3 aromatic rings. The van der Waals surface area contributed by atoms with Gasteiger partial charge in [-0.05, 0) is 24.8 Å². The van der Waals surface area contributed by atoms with E-state index in [0.717, 1.165) is 25.7 Å². The zero-order valence-electron chi connectivity index (χ0n) is 17.8. The summed E-state index contributed by atoms with van der Waals surface area (Å²) in [5.74, 6) is 0.0347. The van der Waals surface area contributed by atoms with Crippen LogP contribution in [0, 0.1) is 0 Å². The van der Waals surface area contributed by atoms with Crippen LogP contribution in [-0.2, 0) is 13.0 Å². The SMILES string of the molecule is CCCCOc1c2n(cc(-c3nccs3)c1=O)CCN(CCCc1ccccc1)C2=O. The fraction of sp³-hybridized carbons (Fsp3) is 0.375. The van der Waals surface area contributed by atoms with Gasteiger partial charge in [0.25, 0.3) is 5.91 Å². The number of hydrogen-bond donors (Lipinski definition) is 0. The summed E-state index contributed by atoms with van der Waals surface area (Å²) in [5, 5.41) is 2.49. The van der Waals surface area contributed by atoms with Gasteiger partial charge in [0.2, 0.25) is 5.43 Å². The molecule has 0 atom stereocenters. The molecule has 4 rings (SSSR count). The van der Waals surface area contributed by atoms with Crippen LogP contribution in [0.15, 0.2) is 52.9 Å². The lowest BCUT2D eigenvalue weighted by atomic mass is 10.1. The van der Waals surface area contributed by atoms with Crippen LogP contribution in [0.1, 0.15) is 42.2 Å². The minimum absolute atomic E-state index is 0.131. The molecule has 2 aromatic heterocycles. The summed E-state index contributed by atoms with van der Waals surface area (Å²) in [7, 11) is 0. The fourth-order valence-corrected chi connectivity index (χ4v) is 4.45. The zero-order chi connectivity index (χ0) is 21.6. The van der Waals surface area contributed by atoms with Gasteiger partial charge in [-0.3, -0.25) is 9.59 Å². The molecule has 1 aliphatic rings. The summed E-state index contributed by atoms with van der Waals surface area (Å²) in [4.78, 5) is 32.7. The summed E-state index contributed by atoms with van der Waals surface area (Å²) in [6.07, 6.45) is 7.03. The molecule has 7 heteroatoms. The molecule has 1 amide bonds. The molecule has 6 nitrogen and oxygen atoms in total. The number of amides is 1. The third-order valence-electron chi connectivity index (χ3n) is 5.48. The number of aryl methyl sites for hydroxylation is 1. The fourth-order valence-electron chi connectivity index (χ4n) is 3.81. The van der Waals surface area contributed by atoms with Crippen molar-refractivity contribution in [3.63, 3.8) is 0 Å². The number of unbranched alkanes of at least 4 members (excludes halogenated alkanes) is 1. The average molecular weight is 438 g/mol. The summed E-state index contributed by atoms with van der Waals surface area (Å²) < 4.78 is 7.77. The lowest BCUT2D eigenvalue weighted by Gasteiger charge is -2.31. The molecular formula is C24H27N3O3S. The van der Waals surface area contributed by atoms with Gasteiger partial charge in [0.05, 0.1) is 12.2 Å². The van der Waals surface area contributed by atoms with Gasteiger partial charge >= 0.3 is 0 Å². The normalized spacial score (nSPS) is 13.3. The van der Waals surface area contributed by atoms with E-state index in [2.05, 4.69) is 24.0 Å². The van der Waals surface area contributed by atoms with Crippen LogP contribution in [-0.4, -0.2) is 40.1 Å². The highest BCUT2D eigenvalue weighted by Crippen LogP contribution is 2.27. The Kier molecular flexibility index (Phi) is 6.82. The molecule has 31 heavy (non-hydrogen) atoms. The molecule has 1 aliphatic heterocycles. The van der Waals surface area contributed by atoms with Crippen LogP contribution in [0.3, 0.4) is 0 Å². The molecule has 0 spiro atoms. The number of pyridine rings is 1. The van der Waals surface area contributed by atoms with Crippen molar-refractivity contribution in [2.24, 2.45) is 0 Å². The molecule has 0 radical (unpaired) electrons. The van der Waals surface area contributed by atoms with Gasteiger partial charge in [-0.1, -0.05) is 43.7 Å². The lowest BCUT2D eigenvalue weighted by molar-refractivity contribution is 0.0693. The van der Waals surface area contributed by atoms with Crippen molar-refractivity contribution in [3.8, 4) is 16.3 Å². The predicted octanol–water partition coefficient (Wildman–Crippen LogP) is 4.24. The molecule has 0 fully saturated rings. The average Bonchev–Trinajstić information content (AvgIpc) is 3.32. The Morgan fingerprint density at radius 2 is 1.97 bits per heavy atom. The molecule has 3 heterocycles. The number of nitrogens with zero attached hydrogens (tertiary/aromatic N) is 3. The van der Waals surface area contributed by atoms with E-state index in [-0.39, 0.29) is 17.1 Å². The van der Waals surface area contributed by atoms with Crippen molar-refractivity contribution in [1.29, 1.82) is 0 Å². The highest BCUT2D eigenvalue weighted by molar-refractivity contribution is 7.13. The Morgan fingerprint density at radius 1 is 1.13 bits per heavy atom. The summed E-state index contributed by atoms with van der Waals surface area (Å²) in [6.45, 7) is 4.40. The van der Waals surface area contributed by atoms with Crippen LogP contribution >= 0.6 is 11.3 Å². The number of ether oxygens (including phenoxy) is 1. The van der Waals surface area contributed by atoms with E-state index in [4.69, 9.17) is 4.74 Å². The third kappa shape index (κ3) is 4.71. The molecule has 1 aromatic carbocycles. The molecule has 0 saturated heterocycles. The van der Waals surface area contributed by atoms with Crippen LogP contribution < -0.4 is 10.2 Å². The van der Waals surface area contributed by atoms with Crippen molar-refractivity contribution >= 4 is 17.2 Å². The van der Waals surface area contributed by atoms with Crippen LogP contribution in [0.2, 0.25) is 0 Å². The topological polar surface area (TPSA) is 64.4 Å². The monoisotopic (exact) mass is 437 g/mol. The highest BCUT2D eigenvalue weighted by Gasteiger charge is 2.31. The van der Waals surface area contributed by atoms with Gasteiger partial charge in [-0.15, -0.1) is 11.3 Å². The maximum atomic E-state index is 13.3. The maximum absolute atomic E-state index is 13.3. The maximum Gasteiger partial charge on any atom is 0.274 e. The molecular weight excluding hydrogens is 410 g/mol. The molecule has 0 bridgehead atoms. The molecule has 162 valence electrons. The Hall–Kier alpha value is -2.93. The second kappa shape index (κ2) is 9.92. The van der Waals surface area contributed by atoms with E-state index in [1.807, 2.05) is 33.0 Å². The van der Waals surface area contributed by atoms with Crippen LogP contribution in [0.25, 0.3) is 10.6 Å². The Bertz CT molecular complexity index is 1080. The number of benzene rings is 1. The van der Waals surface area contributed by atoms with E-state index in [1.54, 1.807) is 12.4 Å². The highest BCUT2D eigenvalue weighted by atomic mass is 32.1. The smallest absolute Gasteiger partial charge is 0.274 e. The number of carbonyl (C=O) groups is 1. The number of rotatable bonds is 9. The van der Waals surface area contributed by atoms with E-state index < -0.39 is 0 Å². The first-order valence-corrected chi connectivity index (χ1v) is 11.7. The van der Waals surface area contributed by atoms with Crippen molar-refractivity contribution in [2.75, 3.05) is 19.7 Å². The van der Waals surface area contributed by atoms with Gasteiger partial charge in [-0.25, -0.2) is 4.98 Å². The number of carbonyl (C=O) groups excluding carboxylic acids is 1. The molecule has 0 aliphatic carbocycles. The van der Waals surface area contributed by atoms with E-state index >= 15 is 0 Å². The van der Waals surface area contributed by atoms with Gasteiger partial charge in [-0.2, -0.15) is 0 Å². The Morgan fingerprint density at radius 3 is 2.71 bits per heavy atom. The minimum atomic E-state index is -0.253. The third-order valence-corrected chi connectivity index (χ3v) is 6.29. The quantitative estimate of drug-likeness (QED) is 0.470. The number of fused-ring (bicyclic) bond motifs is 1. The van der Waals surface area contributed by atoms with Gasteiger partial charge in [0.15, 0.2) is 11.4 Å². The van der Waals surface area contributed by atoms with Crippen LogP contribution in [0.4, 0.5) is 0 Å². The minimum Gasteiger partial charge on any atom is -0.487 e. The number of aromatic nitrogens is 2. The second-order valence-electron chi connectivity index (χ2n) is 7.66. The largest absolute Gasteiger partial charge is 0.487 e. The van der Waals surface area contributed by atoms with E-state index in [9.17, 15) is 9.59 Å². The van der Waals surface area contributed by atoms with Crippen molar-refractivity contribution in [3.05, 3.63) is 69.6 Å². The first-order valence-electron chi connectivity index (χ1n) is 10.8. The summed E-state index contributed by atoms with van der Waals surface area (Å²) in [5.41, 5.74) is 1.87. The first-order chi connectivity index (χ1) is 15.2. The second-order valence-corrected chi connectivity index (χ2v) is 8.56. The summed E-state index contributed by atoms with van der Waals surface area (Å²) >= 11 is 1.41. The predicted molar refractivity (Wildman–Crippen MR) is 123 cm³/mol. The van der Waals surface area contributed by atoms with Crippen molar-refractivity contribution in [2.45, 2.75) is 39.2 Å². The van der Waals surface area contributed by atoms with E-state index in [1.165, 1.54) is 16.9 Å².